The second-order valence-corrected chi connectivity index (χ2v) is 3.10. The standard InChI is InChI=1S/C10H11NO7/c1-16-9(12)6-17-10(13)18-8-4-2-7(3-5-8)11(14)15/h2-5,9,12H,6H2,1H3. The zero-order chi connectivity index (χ0) is 13.5. The lowest BCUT2D eigenvalue weighted by molar-refractivity contribution is -0.384. The summed E-state index contributed by atoms with van der Waals surface area (Å²) in [6, 6.07) is 4.89. The first-order valence-electron chi connectivity index (χ1n) is 4.83. The highest BCUT2D eigenvalue weighted by molar-refractivity contribution is 5.63. The van der Waals surface area contributed by atoms with Gasteiger partial charge in [0.25, 0.3) is 5.69 Å². The Labute approximate surface area is 102 Å². The molecule has 0 aromatic heterocycles. The molecule has 1 rings (SSSR count). The summed E-state index contributed by atoms with van der Waals surface area (Å²) in [5.74, 6) is 0.0949. The van der Waals surface area contributed by atoms with E-state index < -0.39 is 17.4 Å². The van der Waals surface area contributed by atoms with Gasteiger partial charge in [-0.15, -0.1) is 0 Å². The van der Waals surface area contributed by atoms with Crippen molar-refractivity contribution in [3.05, 3.63) is 34.4 Å². The zero-order valence-corrected chi connectivity index (χ0v) is 9.44. The minimum absolute atomic E-state index is 0.0949. The van der Waals surface area contributed by atoms with Gasteiger partial charge in [0.05, 0.1) is 4.92 Å². The number of methoxy groups -OCH3 is 1. The number of nitrogens with zero attached hydrogens (tertiary/aromatic N) is 1. The highest BCUT2D eigenvalue weighted by Crippen LogP contribution is 2.17. The largest absolute Gasteiger partial charge is 0.514 e. The third kappa shape index (κ3) is 4.36. The summed E-state index contributed by atoms with van der Waals surface area (Å²) >= 11 is 0. The van der Waals surface area contributed by atoms with Crippen molar-refractivity contribution in [3.8, 4) is 5.75 Å². The van der Waals surface area contributed by atoms with Gasteiger partial charge in [0, 0.05) is 19.2 Å². The van der Waals surface area contributed by atoms with Crippen molar-refractivity contribution in [2.75, 3.05) is 13.7 Å². The summed E-state index contributed by atoms with van der Waals surface area (Å²) in [4.78, 5) is 20.9. The molecule has 0 amide bonds. The number of nitro groups is 1. The molecule has 0 aliphatic rings. The van der Waals surface area contributed by atoms with E-state index in [0.29, 0.717) is 0 Å². The van der Waals surface area contributed by atoms with E-state index in [1.165, 1.54) is 31.4 Å². The predicted octanol–water partition coefficient (Wildman–Crippen LogP) is 1.07. The molecule has 8 nitrogen and oxygen atoms in total. The highest BCUT2D eigenvalue weighted by atomic mass is 16.7. The highest BCUT2D eigenvalue weighted by Gasteiger charge is 2.11. The summed E-state index contributed by atoms with van der Waals surface area (Å²) in [5, 5.41) is 19.3. The van der Waals surface area contributed by atoms with Crippen LogP contribution in [0.3, 0.4) is 0 Å². The Balaban J connectivity index is 2.47. The molecule has 0 spiro atoms. The second kappa shape index (κ2) is 6.52. The SMILES string of the molecule is COC(O)COC(=O)Oc1ccc([N+](=O)[O-])cc1. The van der Waals surface area contributed by atoms with Gasteiger partial charge in [-0.25, -0.2) is 4.79 Å². The molecule has 0 bridgehead atoms. The molecule has 0 radical (unpaired) electrons. The van der Waals surface area contributed by atoms with Gasteiger partial charge in [-0.05, 0) is 12.1 Å². The third-order valence-corrected chi connectivity index (χ3v) is 1.86. The molecule has 1 atom stereocenters. The molecule has 0 aliphatic carbocycles. The maximum Gasteiger partial charge on any atom is 0.514 e. The molecule has 1 aromatic carbocycles. The molecular formula is C10H11NO7. The van der Waals surface area contributed by atoms with E-state index in [9.17, 15) is 14.9 Å². The van der Waals surface area contributed by atoms with E-state index in [4.69, 9.17) is 9.84 Å². The average molecular weight is 257 g/mol. The number of carbonyl (C=O) groups is 1. The van der Waals surface area contributed by atoms with Gasteiger partial charge in [-0.1, -0.05) is 0 Å². The van der Waals surface area contributed by atoms with E-state index in [2.05, 4.69) is 9.47 Å². The molecule has 18 heavy (non-hydrogen) atoms. The van der Waals surface area contributed by atoms with Crippen LogP contribution in [0.25, 0.3) is 0 Å². The van der Waals surface area contributed by atoms with E-state index in [-0.39, 0.29) is 18.0 Å². The summed E-state index contributed by atoms with van der Waals surface area (Å²) in [5.41, 5.74) is -0.120. The average Bonchev–Trinajstić information content (AvgIpc) is 2.36. The number of benzene rings is 1. The molecule has 0 heterocycles. The molecule has 98 valence electrons. The summed E-state index contributed by atoms with van der Waals surface area (Å²) in [6.45, 7) is -0.373. The van der Waals surface area contributed by atoms with E-state index in [1.807, 2.05) is 0 Å². The van der Waals surface area contributed by atoms with Crippen LogP contribution in [0.2, 0.25) is 0 Å². The number of hydrogen-bond donors (Lipinski definition) is 1. The van der Waals surface area contributed by atoms with E-state index in [1.54, 1.807) is 0 Å². The normalized spacial score (nSPS) is 11.7. The van der Waals surface area contributed by atoms with Gasteiger partial charge in [-0.3, -0.25) is 10.1 Å². The van der Waals surface area contributed by atoms with Gasteiger partial charge in [-0.2, -0.15) is 0 Å². The van der Waals surface area contributed by atoms with Crippen LogP contribution in [0.1, 0.15) is 0 Å². The maximum atomic E-state index is 11.1. The fourth-order valence-electron chi connectivity index (χ4n) is 0.969. The maximum absolute atomic E-state index is 11.1. The molecule has 0 aliphatic heterocycles. The second-order valence-electron chi connectivity index (χ2n) is 3.10. The first-order chi connectivity index (χ1) is 8.52. The number of nitro benzene ring substituents is 1. The van der Waals surface area contributed by atoms with Crippen molar-refractivity contribution < 1.29 is 29.0 Å². The molecule has 8 heteroatoms. The van der Waals surface area contributed by atoms with Gasteiger partial charge in [0.1, 0.15) is 12.4 Å². The Bertz CT molecular complexity index is 417. The molecule has 0 fully saturated rings. The number of aliphatic hydroxyl groups excluding tert-OH is 1. The van der Waals surface area contributed by atoms with Gasteiger partial charge < -0.3 is 19.3 Å². The molecule has 1 aromatic rings. The van der Waals surface area contributed by atoms with Crippen molar-refractivity contribution >= 4 is 11.8 Å². The molecule has 0 saturated heterocycles. The number of aliphatic hydroxyl groups is 1. The van der Waals surface area contributed by atoms with Crippen molar-refractivity contribution in [3.63, 3.8) is 0 Å². The molecule has 0 saturated carbocycles. The number of hydrogen-bond acceptors (Lipinski definition) is 7. The minimum atomic E-state index is -1.23. The molecule has 1 unspecified atom stereocenters. The van der Waals surface area contributed by atoms with Crippen LogP contribution in [-0.2, 0) is 9.47 Å². The fraction of sp³-hybridized carbons (Fsp3) is 0.300. The van der Waals surface area contributed by atoms with Crippen LogP contribution in [0, 0.1) is 10.1 Å². The van der Waals surface area contributed by atoms with Gasteiger partial charge in [0.15, 0.2) is 6.29 Å². The van der Waals surface area contributed by atoms with E-state index >= 15 is 0 Å². The third-order valence-electron chi connectivity index (χ3n) is 1.86. The first-order valence-corrected chi connectivity index (χ1v) is 4.83. The quantitative estimate of drug-likeness (QED) is 0.276. The van der Waals surface area contributed by atoms with Crippen molar-refractivity contribution in [1.29, 1.82) is 0 Å². The first kappa shape index (κ1) is 13.9. The Morgan fingerprint density at radius 2 is 2.06 bits per heavy atom. The fourth-order valence-corrected chi connectivity index (χ4v) is 0.969. The Hall–Kier alpha value is -2.19. The number of carbonyl (C=O) groups excluding carboxylic acids is 1. The lowest BCUT2D eigenvalue weighted by Gasteiger charge is -2.09. The molecular weight excluding hydrogens is 246 g/mol. The number of ether oxygens (including phenoxy) is 3. The monoisotopic (exact) mass is 257 g/mol. The summed E-state index contributed by atoms with van der Waals surface area (Å²) in [7, 11) is 1.25. The van der Waals surface area contributed by atoms with Crippen molar-refractivity contribution in [2.45, 2.75) is 6.29 Å². The number of non-ortho nitro benzene ring substituents is 1. The van der Waals surface area contributed by atoms with Crippen LogP contribution in [0.15, 0.2) is 24.3 Å². The topological polar surface area (TPSA) is 108 Å². The van der Waals surface area contributed by atoms with Crippen LogP contribution >= 0.6 is 0 Å². The van der Waals surface area contributed by atoms with Crippen LogP contribution < -0.4 is 4.74 Å². The van der Waals surface area contributed by atoms with Gasteiger partial charge >= 0.3 is 6.16 Å². The van der Waals surface area contributed by atoms with Crippen molar-refractivity contribution in [1.82, 2.24) is 0 Å². The van der Waals surface area contributed by atoms with Crippen LogP contribution in [0.4, 0.5) is 10.5 Å². The van der Waals surface area contributed by atoms with Crippen molar-refractivity contribution in [2.24, 2.45) is 0 Å². The summed E-state index contributed by atoms with van der Waals surface area (Å²) < 4.78 is 13.6. The minimum Gasteiger partial charge on any atom is -0.429 e. The van der Waals surface area contributed by atoms with Crippen LogP contribution in [-0.4, -0.2) is 36.2 Å². The number of rotatable bonds is 5. The zero-order valence-electron chi connectivity index (χ0n) is 9.44. The lowest BCUT2D eigenvalue weighted by Crippen LogP contribution is -2.21. The summed E-state index contributed by atoms with van der Waals surface area (Å²) in [6.07, 6.45) is -2.27. The Morgan fingerprint density at radius 1 is 1.44 bits per heavy atom. The predicted molar refractivity (Wildman–Crippen MR) is 58.1 cm³/mol. The van der Waals surface area contributed by atoms with E-state index in [0.717, 1.165) is 0 Å². The van der Waals surface area contributed by atoms with Gasteiger partial charge in [0.2, 0.25) is 0 Å². The Kier molecular flexibility index (Phi) is 5.03. The van der Waals surface area contributed by atoms with Crippen LogP contribution in [0.5, 0.6) is 5.75 Å². The Morgan fingerprint density at radius 3 is 2.56 bits per heavy atom. The smallest absolute Gasteiger partial charge is 0.429 e. The lowest BCUT2D eigenvalue weighted by atomic mass is 10.3. The molecule has 1 N–H and O–H groups in total.